The molecule has 0 unspecified atom stereocenters. The summed E-state index contributed by atoms with van der Waals surface area (Å²) >= 11 is 0. The summed E-state index contributed by atoms with van der Waals surface area (Å²) in [6.07, 6.45) is 6.97. The molecule has 3 rings (SSSR count). The molecule has 2 heteroatoms. The molecule has 28 heavy (non-hydrogen) atoms. The van der Waals surface area contributed by atoms with E-state index in [-0.39, 0.29) is 0 Å². The monoisotopic (exact) mass is 377 g/mol. The minimum atomic E-state index is -0.460. The smallest absolute Gasteiger partial charge is 0.0923 e. The van der Waals surface area contributed by atoms with Crippen LogP contribution >= 0.6 is 0 Å². The lowest BCUT2D eigenvalue weighted by molar-refractivity contribution is 0.112. The minimum Gasteiger partial charge on any atom is -0.387 e. The van der Waals surface area contributed by atoms with E-state index in [0.29, 0.717) is 0 Å². The third-order valence-electron chi connectivity index (χ3n) is 5.75. The fourth-order valence-electron chi connectivity index (χ4n) is 4.17. The van der Waals surface area contributed by atoms with Gasteiger partial charge in [0.05, 0.1) is 6.10 Å². The maximum atomic E-state index is 11.2. The second-order valence-corrected chi connectivity index (χ2v) is 7.96. The predicted octanol–water partition coefficient (Wildman–Crippen LogP) is 6.71. The quantitative estimate of drug-likeness (QED) is 0.296. The van der Waals surface area contributed by atoms with E-state index in [1.54, 1.807) is 0 Å². The molecule has 0 saturated heterocycles. The van der Waals surface area contributed by atoms with Crippen molar-refractivity contribution in [1.82, 2.24) is 4.90 Å². The van der Waals surface area contributed by atoms with Crippen LogP contribution in [0.4, 0.5) is 0 Å². The third-order valence-corrected chi connectivity index (χ3v) is 5.75. The summed E-state index contributed by atoms with van der Waals surface area (Å²) in [5, 5.41) is 16.1. The summed E-state index contributed by atoms with van der Waals surface area (Å²) in [5.74, 6) is 0. The van der Waals surface area contributed by atoms with Crippen LogP contribution in [0.5, 0.6) is 0 Å². The van der Waals surface area contributed by atoms with Gasteiger partial charge in [-0.3, -0.25) is 0 Å². The standard InChI is InChI=1S/C26H35NO/c1-3-5-11-17-27(18-12-6-4-2)20-26(28)25-19-21-13-7-8-14-22(21)23-15-9-10-16-24(23)25/h7-10,13-16,19,26,28H,3-6,11-12,17-18,20H2,1-2H3/t26-/m0/s1. The van der Waals surface area contributed by atoms with Crippen LogP contribution < -0.4 is 0 Å². The van der Waals surface area contributed by atoms with Gasteiger partial charge in [-0.25, -0.2) is 0 Å². The van der Waals surface area contributed by atoms with Crippen LogP contribution in [0.2, 0.25) is 0 Å². The molecule has 0 heterocycles. The van der Waals surface area contributed by atoms with E-state index < -0.39 is 6.10 Å². The number of unbranched alkanes of at least 4 members (excludes halogenated alkanes) is 4. The van der Waals surface area contributed by atoms with Gasteiger partial charge >= 0.3 is 0 Å². The van der Waals surface area contributed by atoms with E-state index in [1.165, 1.54) is 60.1 Å². The predicted molar refractivity (Wildman–Crippen MR) is 122 cm³/mol. The fraction of sp³-hybridized carbons (Fsp3) is 0.462. The highest BCUT2D eigenvalue weighted by Gasteiger charge is 2.17. The van der Waals surface area contributed by atoms with Gasteiger partial charge in [0.1, 0.15) is 0 Å². The minimum absolute atomic E-state index is 0.460. The van der Waals surface area contributed by atoms with Crippen molar-refractivity contribution < 1.29 is 5.11 Å². The Bertz CT molecular complexity index is 863. The molecule has 3 aromatic carbocycles. The SMILES string of the molecule is CCCCCN(CCCCC)C[C@H](O)c1cc2ccccc2c2ccccc12. The number of hydrogen-bond donors (Lipinski definition) is 1. The first-order valence-electron chi connectivity index (χ1n) is 11.1. The Morgan fingerprint density at radius 2 is 1.32 bits per heavy atom. The Kier molecular flexibility index (Phi) is 7.88. The van der Waals surface area contributed by atoms with Crippen LogP contribution in [0.25, 0.3) is 21.5 Å². The molecule has 150 valence electrons. The molecule has 1 atom stereocenters. The summed E-state index contributed by atoms with van der Waals surface area (Å²) in [6, 6.07) is 19.2. The molecule has 0 bridgehead atoms. The van der Waals surface area contributed by atoms with Crippen LogP contribution in [0.3, 0.4) is 0 Å². The Labute approximate surface area is 170 Å². The first-order valence-corrected chi connectivity index (χ1v) is 11.1. The van der Waals surface area contributed by atoms with Gasteiger partial charge in [-0.05, 0) is 59.1 Å². The Morgan fingerprint density at radius 3 is 1.96 bits per heavy atom. The zero-order chi connectivity index (χ0) is 19.8. The van der Waals surface area contributed by atoms with E-state index >= 15 is 0 Å². The normalized spacial score (nSPS) is 12.9. The summed E-state index contributed by atoms with van der Waals surface area (Å²) in [5.41, 5.74) is 1.06. The Balaban J connectivity index is 1.86. The van der Waals surface area contributed by atoms with Gasteiger partial charge in [-0.1, -0.05) is 88.1 Å². The van der Waals surface area contributed by atoms with Crippen molar-refractivity contribution in [2.24, 2.45) is 0 Å². The molecule has 0 radical (unpaired) electrons. The average molecular weight is 378 g/mol. The second kappa shape index (κ2) is 10.6. The lowest BCUT2D eigenvalue weighted by Crippen LogP contribution is -2.31. The molecule has 0 aliphatic carbocycles. The number of rotatable bonds is 11. The molecule has 0 aromatic heterocycles. The lowest BCUT2D eigenvalue weighted by Gasteiger charge is -2.26. The summed E-state index contributed by atoms with van der Waals surface area (Å²) in [4.78, 5) is 2.47. The maximum absolute atomic E-state index is 11.2. The van der Waals surface area contributed by atoms with E-state index in [2.05, 4.69) is 73.3 Å². The topological polar surface area (TPSA) is 23.5 Å². The highest BCUT2D eigenvalue weighted by Crippen LogP contribution is 2.32. The molecule has 0 aliphatic rings. The zero-order valence-electron chi connectivity index (χ0n) is 17.5. The fourth-order valence-corrected chi connectivity index (χ4v) is 4.17. The van der Waals surface area contributed by atoms with E-state index in [4.69, 9.17) is 0 Å². The summed E-state index contributed by atoms with van der Waals surface area (Å²) in [7, 11) is 0. The van der Waals surface area contributed by atoms with Crippen LogP contribution in [-0.4, -0.2) is 29.6 Å². The van der Waals surface area contributed by atoms with Crippen molar-refractivity contribution in [2.45, 2.75) is 58.5 Å². The molecule has 0 aliphatic heterocycles. The summed E-state index contributed by atoms with van der Waals surface area (Å²) in [6.45, 7) is 7.38. The number of fused-ring (bicyclic) bond motifs is 3. The van der Waals surface area contributed by atoms with Crippen molar-refractivity contribution in [3.63, 3.8) is 0 Å². The van der Waals surface area contributed by atoms with E-state index in [0.717, 1.165) is 25.2 Å². The van der Waals surface area contributed by atoms with Crippen molar-refractivity contribution in [1.29, 1.82) is 0 Å². The third kappa shape index (κ3) is 5.12. The van der Waals surface area contributed by atoms with Crippen molar-refractivity contribution in [2.75, 3.05) is 19.6 Å². The number of nitrogens with zero attached hydrogens (tertiary/aromatic N) is 1. The van der Waals surface area contributed by atoms with Crippen LogP contribution in [0.1, 0.15) is 64.0 Å². The van der Waals surface area contributed by atoms with E-state index in [9.17, 15) is 5.11 Å². The molecule has 0 spiro atoms. The van der Waals surface area contributed by atoms with Crippen molar-refractivity contribution >= 4 is 21.5 Å². The molecule has 2 nitrogen and oxygen atoms in total. The highest BCUT2D eigenvalue weighted by molar-refractivity contribution is 6.09. The van der Waals surface area contributed by atoms with Gasteiger partial charge in [0, 0.05) is 6.54 Å². The van der Waals surface area contributed by atoms with Crippen LogP contribution in [-0.2, 0) is 0 Å². The molecule has 0 amide bonds. The van der Waals surface area contributed by atoms with Gasteiger partial charge in [0.2, 0.25) is 0 Å². The highest BCUT2D eigenvalue weighted by atomic mass is 16.3. The molecule has 0 saturated carbocycles. The van der Waals surface area contributed by atoms with Crippen molar-refractivity contribution in [3.8, 4) is 0 Å². The van der Waals surface area contributed by atoms with Crippen LogP contribution in [0, 0.1) is 0 Å². The number of aliphatic hydroxyl groups excluding tert-OH is 1. The first-order chi connectivity index (χ1) is 13.7. The molecular formula is C26H35NO. The molecular weight excluding hydrogens is 342 g/mol. The number of hydrogen-bond acceptors (Lipinski definition) is 2. The maximum Gasteiger partial charge on any atom is 0.0923 e. The molecule has 0 fully saturated rings. The molecule has 1 N–H and O–H groups in total. The van der Waals surface area contributed by atoms with Crippen LogP contribution in [0.15, 0.2) is 54.6 Å². The first kappa shape index (κ1) is 20.8. The van der Waals surface area contributed by atoms with Gasteiger partial charge in [0.25, 0.3) is 0 Å². The van der Waals surface area contributed by atoms with E-state index in [1.807, 2.05) is 0 Å². The van der Waals surface area contributed by atoms with Gasteiger partial charge < -0.3 is 10.0 Å². The number of aliphatic hydroxyl groups is 1. The Morgan fingerprint density at radius 1 is 0.750 bits per heavy atom. The van der Waals surface area contributed by atoms with Gasteiger partial charge in [-0.15, -0.1) is 0 Å². The number of benzene rings is 3. The molecule has 3 aromatic rings. The van der Waals surface area contributed by atoms with Gasteiger partial charge in [0.15, 0.2) is 0 Å². The second-order valence-electron chi connectivity index (χ2n) is 7.96. The lowest BCUT2D eigenvalue weighted by atomic mass is 9.94. The van der Waals surface area contributed by atoms with Crippen molar-refractivity contribution in [3.05, 3.63) is 60.2 Å². The summed E-state index contributed by atoms with van der Waals surface area (Å²) < 4.78 is 0. The average Bonchev–Trinajstić information content (AvgIpc) is 2.73. The van der Waals surface area contributed by atoms with Gasteiger partial charge in [-0.2, -0.15) is 0 Å². The Hall–Kier alpha value is -1.90. The zero-order valence-corrected chi connectivity index (χ0v) is 17.5. The largest absolute Gasteiger partial charge is 0.387 e.